The van der Waals surface area contributed by atoms with Crippen molar-refractivity contribution >= 4 is 40.6 Å². The highest BCUT2D eigenvalue weighted by atomic mass is 35.5. The van der Waals surface area contributed by atoms with E-state index < -0.39 is 48.8 Å². The summed E-state index contributed by atoms with van der Waals surface area (Å²) in [7, 11) is 0. The number of ketones is 1. The number of hydrogen-bond donors (Lipinski definition) is 5. The van der Waals surface area contributed by atoms with Gasteiger partial charge in [-0.3, -0.25) is 4.79 Å². The minimum absolute atomic E-state index is 0.0243. The van der Waals surface area contributed by atoms with Crippen LogP contribution in [0.4, 0.5) is 0 Å². The van der Waals surface area contributed by atoms with Gasteiger partial charge in [0.1, 0.15) is 28.4 Å². The number of aromatic nitrogens is 1. The zero-order valence-electron chi connectivity index (χ0n) is 12.0. The predicted octanol–water partition coefficient (Wildman–Crippen LogP) is -0.430. The van der Waals surface area contributed by atoms with Crippen LogP contribution in [0.2, 0.25) is 15.2 Å². The average Bonchev–Trinajstić information content (AvgIpc) is 2.55. The van der Waals surface area contributed by atoms with Crippen LogP contribution in [0.25, 0.3) is 0 Å². The van der Waals surface area contributed by atoms with Crippen LogP contribution in [0.5, 0.6) is 5.88 Å². The Bertz CT molecular complexity index is 661. The highest BCUT2D eigenvalue weighted by molar-refractivity contribution is 6.42. The lowest BCUT2D eigenvalue weighted by Crippen LogP contribution is -2.77. The minimum Gasteiger partial charge on any atom is -0.468 e. The second-order valence-electron chi connectivity index (χ2n) is 5.54. The molecule has 1 aliphatic rings. The number of carbonyl (C=O) groups is 1. The molecule has 0 radical (unpaired) electrons. The van der Waals surface area contributed by atoms with E-state index in [1.54, 1.807) is 0 Å². The Hall–Kier alpha value is -0.710. The molecule has 1 aliphatic carbocycles. The van der Waals surface area contributed by atoms with E-state index in [1.807, 2.05) is 0 Å². The molecule has 1 heterocycles. The van der Waals surface area contributed by atoms with Gasteiger partial charge in [0.05, 0.1) is 11.6 Å². The molecular weight excluding hydrogens is 389 g/mol. The van der Waals surface area contributed by atoms with Crippen LogP contribution in [-0.4, -0.2) is 72.9 Å². The quantitative estimate of drug-likeness (QED) is 0.404. The molecule has 8 nitrogen and oxygen atoms in total. The largest absolute Gasteiger partial charge is 0.468 e. The summed E-state index contributed by atoms with van der Waals surface area (Å²) >= 11 is 17.2. The predicted molar refractivity (Wildman–Crippen MR) is 83.4 cm³/mol. The van der Waals surface area contributed by atoms with Gasteiger partial charge in [0, 0.05) is 6.42 Å². The molecule has 1 fully saturated rings. The lowest BCUT2D eigenvalue weighted by molar-refractivity contribution is -0.302. The van der Waals surface area contributed by atoms with Crippen molar-refractivity contribution in [2.24, 2.45) is 0 Å². The Morgan fingerprint density at radius 3 is 2.54 bits per heavy atom. The fourth-order valence-corrected chi connectivity index (χ4v) is 2.98. The van der Waals surface area contributed by atoms with Gasteiger partial charge >= 0.3 is 0 Å². The zero-order chi connectivity index (χ0) is 18.3. The summed E-state index contributed by atoms with van der Waals surface area (Å²) in [5, 5.41) is 48.3. The van der Waals surface area contributed by atoms with Gasteiger partial charge < -0.3 is 30.3 Å². The lowest BCUT2D eigenvalue weighted by Gasteiger charge is -2.55. The third kappa shape index (κ3) is 3.33. The van der Waals surface area contributed by atoms with Crippen LogP contribution in [0, 0.1) is 0 Å². The van der Waals surface area contributed by atoms with Crippen molar-refractivity contribution in [2.45, 2.75) is 29.8 Å². The maximum atomic E-state index is 11.9. The van der Waals surface area contributed by atoms with Gasteiger partial charge in [-0.2, -0.15) is 4.98 Å². The minimum atomic E-state index is -2.30. The molecule has 1 aromatic heterocycles. The fourth-order valence-electron chi connectivity index (χ4n) is 2.43. The Morgan fingerprint density at radius 1 is 1.38 bits per heavy atom. The molecule has 1 aromatic rings. The van der Waals surface area contributed by atoms with Crippen LogP contribution in [0.3, 0.4) is 0 Å². The smallest absolute Gasteiger partial charge is 0.234 e. The van der Waals surface area contributed by atoms with E-state index >= 15 is 0 Å². The van der Waals surface area contributed by atoms with Crippen LogP contribution < -0.4 is 4.74 Å². The number of halogens is 3. The standard InChI is InChI=1S/C13H14Cl3NO7/c14-5-1-6(15)10(17-9(5)16)24-2-7(19)8(20)13(23)3-12(22,4-18)11(13)21/h1,8,11,18,20-23H,2-4H2/t8?,11-,12-,13+/m1/s1. The molecule has 0 bridgehead atoms. The molecule has 1 saturated carbocycles. The van der Waals surface area contributed by atoms with Crippen LogP contribution >= 0.6 is 34.8 Å². The van der Waals surface area contributed by atoms with Crippen molar-refractivity contribution in [1.29, 1.82) is 0 Å². The number of rotatable bonds is 6. The Balaban J connectivity index is 2.02. The molecule has 11 heteroatoms. The SMILES string of the molecule is O=C(COc1nc(Cl)c(Cl)cc1Cl)C(O)[C@@]1(O)C[C@@](O)(CO)[C@H]1O. The first kappa shape index (κ1) is 19.6. The number of Topliss-reactive ketones (excluding diaryl/α,β-unsaturated/α-hetero) is 1. The second-order valence-corrected chi connectivity index (χ2v) is 6.71. The second kappa shape index (κ2) is 6.89. The van der Waals surface area contributed by atoms with E-state index in [2.05, 4.69) is 4.98 Å². The maximum absolute atomic E-state index is 11.9. The number of aliphatic hydroxyl groups excluding tert-OH is 3. The fraction of sp³-hybridized carbons (Fsp3) is 0.538. The molecule has 0 amide bonds. The molecule has 0 aromatic carbocycles. The zero-order valence-corrected chi connectivity index (χ0v) is 14.3. The first-order chi connectivity index (χ1) is 11.0. The van der Waals surface area contributed by atoms with E-state index in [0.29, 0.717) is 0 Å². The van der Waals surface area contributed by atoms with Crippen LogP contribution in [0.1, 0.15) is 6.42 Å². The highest BCUT2D eigenvalue weighted by Gasteiger charge is 2.66. The normalized spacial score (nSPS) is 30.6. The Labute approximate surface area is 151 Å². The van der Waals surface area contributed by atoms with Gasteiger partial charge in [-0.05, 0) is 6.07 Å². The van der Waals surface area contributed by atoms with Gasteiger partial charge in [-0.15, -0.1) is 0 Å². The summed E-state index contributed by atoms with van der Waals surface area (Å²) in [5.74, 6) is -1.21. The molecule has 0 saturated heterocycles. The van der Waals surface area contributed by atoms with Crippen molar-refractivity contribution in [1.82, 2.24) is 4.98 Å². The molecular formula is C13H14Cl3NO7. The molecule has 0 spiro atoms. The van der Waals surface area contributed by atoms with Gasteiger partial charge in [0.15, 0.2) is 11.8 Å². The molecule has 2 rings (SSSR count). The summed E-state index contributed by atoms with van der Waals surface area (Å²) in [6.07, 6.45) is -4.54. The van der Waals surface area contributed by atoms with Crippen molar-refractivity contribution < 1.29 is 35.1 Å². The van der Waals surface area contributed by atoms with Crippen molar-refractivity contribution in [2.75, 3.05) is 13.2 Å². The first-order valence-electron chi connectivity index (χ1n) is 6.64. The third-order valence-corrected chi connectivity index (χ3v) is 4.77. The van der Waals surface area contributed by atoms with Crippen molar-refractivity contribution in [3.05, 3.63) is 21.3 Å². The van der Waals surface area contributed by atoms with Gasteiger partial charge in [0.2, 0.25) is 11.7 Å². The topological polar surface area (TPSA) is 140 Å². The van der Waals surface area contributed by atoms with E-state index in [4.69, 9.17) is 44.6 Å². The molecule has 5 N–H and O–H groups in total. The maximum Gasteiger partial charge on any atom is 0.234 e. The lowest BCUT2D eigenvalue weighted by atomic mass is 9.61. The molecule has 134 valence electrons. The van der Waals surface area contributed by atoms with Gasteiger partial charge in [-0.25, -0.2) is 0 Å². The molecule has 24 heavy (non-hydrogen) atoms. The number of pyridine rings is 1. The van der Waals surface area contributed by atoms with E-state index in [1.165, 1.54) is 6.07 Å². The summed E-state index contributed by atoms with van der Waals surface area (Å²) in [6, 6.07) is 1.25. The van der Waals surface area contributed by atoms with E-state index in [0.717, 1.165) is 0 Å². The third-order valence-electron chi connectivity index (χ3n) is 3.83. The molecule has 1 unspecified atom stereocenters. The van der Waals surface area contributed by atoms with Gasteiger partial charge in [0.25, 0.3) is 0 Å². The van der Waals surface area contributed by atoms with Crippen molar-refractivity contribution in [3.63, 3.8) is 0 Å². The molecule has 0 aliphatic heterocycles. The summed E-state index contributed by atoms with van der Waals surface area (Å²) in [6.45, 7) is -1.57. The number of hydrogen-bond acceptors (Lipinski definition) is 8. The Morgan fingerprint density at radius 2 is 2.00 bits per heavy atom. The summed E-state index contributed by atoms with van der Waals surface area (Å²) < 4.78 is 5.03. The summed E-state index contributed by atoms with van der Waals surface area (Å²) in [4.78, 5) is 15.7. The summed E-state index contributed by atoms with van der Waals surface area (Å²) in [5.41, 5.74) is -4.28. The number of carbonyl (C=O) groups excluding carboxylic acids is 1. The van der Waals surface area contributed by atoms with Crippen LogP contribution in [0.15, 0.2) is 6.07 Å². The van der Waals surface area contributed by atoms with Crippen LogP contribution in [-0.2, 0) is 4.79 Å². The number of nitrogens with zero attached hydrogens (tertiary/aromatic N) is 1. The van der Waals surface area contributed by atoms with Crippen molar-refractivity contribution in [3.8, 4) is 5.88 Å². The van der Waals surface area contributed by atoms with E-state index in [9.17, 15) is 25.2 Å². The number of ether oxygens (including phenoxy) is 1. The average molecular weight is 403 g/mol. The Kier molecular flexibility index (Phi) is 5.63. The monoisotopic (exact) mass is 401 g/mol. The van der Waals surface area contributed by atoms with Gasteiger partial charge in [-0.1, -0.05) is 34.8 Å². The van der Waals surface area contributed by atoms with E-state index in [-0.39, 0.29) is 21.1 Å². The first-order valence-corrected chi connectivity index (χ1v) is 7.77. The molecule has 4 atom stereocenters. The number of aliphatic hydroxyl groups is 5. The highest BCUT2D eigenvalue weighted by Crippen LogP contribution is 2.44.